The first-order valence-corrected chi connectivity index (χ1v) is 10.4. The first-order chi connectivity index (χ1) is 14.9. The van der Waals surface area contributed by atoms with Gasteiger partial charge in [-0.05, 0) is 50.1 Å². The van der Waals surface area contributed by atoms with Crippen LogP contribution in [0.3, 0.4) is 0 Å². The van der Waals surface area contributed by atoms with Crippen molar-refractivity contribution < 1.29 is 28.6 Å². The van der Waals surface area contributed by atoms with Gasteiger partial charge in [-0.1, -0.05) is 12.1 Å². The average Bonchev–Trinajstić information content (AvgIpc) is 3.08. The van der Waals surface area contributed by atoms with E-state index in [4.69, 9.17) is 14.2 Å². The van der Waals surface area contributed by atoms with Crippen molar-refractivity contribution in [1.29, 1.82) is 5.26 Å². The summed E-state index contributed by atoms with van der Waals surface area (Å²) >= 11 is 1.00. The fourth-order valence-corrected chi connectivity index (χ4v) is 4.06. The van der Waals surface area contributed by atoms with Crippen molar-refractivity contribution in [3.05, 3.63) is 56.3 Å². The lowest BCUT2D eigenvalue weighted by atomic mass is 10.0. The van der Waals surface area contributed by atoms with Gasteiger partial charge in [0.05, 0.1) is 31.5 Å². The highest BCUT2D eigenvalue weighted by Crippen LogP contribution is 2.31. The minimum atomic E-state index is -0.620. The second-order valence-electron chi connectivity index (χ2n) is 6.34. The maximum atomic E-state index is 12.9. The summed E-state index contributed by atoms with van der Waals surface area (Å²) in [4.78, 5) is 38.2. The molecule has 31 heavy (non-hydrogen) atoms. The molecule has 0 atom stereocenters. The second-order valence-corrected chi connectivity index (χ2v) is 7.45. The molecule has 0 aliphatic heterocycles. The van der Waals surface area contributed by atoms with Crippen LogP contribution in [0.2, 0.25) is 0 Å². The summed E-state index contributed by atoms with van der Waals surface area (Å²) in [6.07, 6.45) is 1.24. The van der Waals surface area contributed by atoms with E-state index < -0.39 is 17.7 Å². The third-order valence-corrected chi connectivity index (χ3v) is 5.58. The molecule has 1 aromatic carbocycles. The van der Waals surface area contributed by atoms with E-state index in [2.05, 4.69) is 0 Å². The van der Waals surface area contributed by atoms with E-state index in [1.165, 1.54) is 13.2 Å². The number of nitriles is 1. The Morgan fingerprint density at radius 2 is 1.81 bits per heavy atom. The molecule has 0 aliphatic rings. The highest BCUT2D eigenvalue weighted by Gasteiger charge is 2.27. The van der Waals surface area contributed by atoms with Crippen molar-refractivity contribution in [2.24, 2.45) is 0 Å². The Morgan fingerprint density at radius 3 is 2.42 bits per heavy atom. The Balaban J connectivity index is 2.42. The Morgan fingerprint density at radius 1 is 1.13 bits per heavy atom. The number of carbonyl (C=O) groups is 3. The van der Waals surface area contributed by atoms with E-state index in [0.717, 1.165) is 11.3 Å². The molecule has 0 saturated heterocycles. The van der Waals surface area contributed by atoms with E-state index in [1.807, 2.05) is 6.07 Å². The van der Waals surface area contributed by atoms with Crippen molar-refractivity contribution in [1.82, 2.24) is 0 Å². The van der Waals surface area contributed by atoms with Gasteiger partial charge < -0.3 is 14.2 Å². The molecule has 0 amide bonds. The second kappa shape index (κ2) is 11.1. The lowest BCUT2D eigenvalue weighted by Gasteiger charge is -2.05. The number of hydrogen-bond acceptors (Lipinski definition) is 8. The molecule has 8 heteroatoms. The first kappa shape index (κ1) is 23.8. The number of thiophene rings is 1. The maximum Gasteiger partial charge on any atom is 0.348 e. The number of allylic oxidation sites excluding steroid dienone is 1. The Labute approximate surface area is 184 Å². The van der Waals surface area contributed by atoms with E-state index >= 15 is 0 Å². The molecule has 0 N–H and O–H groups in total. The summed E-state index contributed by atoms with van der Waals surface area (Å²) in [5.74, 6) is -1.07. The molecule has 1 heterocycles. The standard InChI is InChI=1S/C23H23NO6S/c1-5-29-22(26)20-14(3)21(23(27)30-6-2)31-19(20)12-18(25)16(13-24)10-15-8-7-9-17(11-15)28-4/h7-11H,5-6,12H2,1-4H3/b16-10+. The molecule has 0 bridgehead atoms. The van der Waals surface area contributed by atoms with Gasteiger partial charge in [0.1, 0.15) is 16.7 Å². The molecule has 0 aliphatic carbocycles. The zero-order valence-corrected chi connectivity index (χ0v) is 18.6. The number of hydrogen-bond donors (Lipinski definition) is 0. The zero-order chi connectivity index (χ0) is 23.0. The number of ether oxygens (including phenoxy) is 3. The van der Waals surface area contributed by atoms with Crippen LogP contribution in [0.1, 0.15) is 49.9 Å². The number of carbonyl (C=O) groups excluding carboxylic acids is 3. The zero-order valence-electron chi connectivity index (χ0n) is 17.8. The van der Waals surface area contributed by atoms with Gasteiger partial charge in [0, 0.05) is 11.3 Å². The molecule has 0 unspecified atom stereocenters. The third-order valence-electron chi connectivity index (χ3n) is 4.31. The average molecular weight is 442 g/mol. The molecular formula is C23H23NO6S. The van der Waals surface area contributed by atoms with E-state index in [1.54, 1.807) is 45.0 Å². The number of benzene rings is 1. The van der Waals surface area contributed by atoms with Gasteiger partial charge in [-0.2, -0.15) is 5.26 Å². The summed E-state index contributed by atoms with van der Waals surface area (Å²) in [5, 5.41) is 9.51. The van der Waals surface area contributed by atoms with Crippen LogP contribution >= 0.6 is 11.3 Å². The van der Waals surface area contributed by atoms with Crippen molar-refractivity contribution in [2.45, 2.75) is 27.2 Å². The third kappa shape index (κ3) is 5.80. The van der Waals surface area contributed by atoms with Gasteiger partial charge in [0.2, 0.25) is 0 Å². The highest BCUT2D eigenvalue weighted by atomic mass is 32.1. The fraction of sp³-hybridized carbons (Fsp3) is 0.304. The number of esters is 2. The molecule has 162 valence electrons. The Bertz CT molecular complexity index is 1060. The van der Waals surface area contributed by atoms with Crippen LogP contribution in [-0.4, -0.2) is 38.0 Å². The topological polar surface area (TPSA) is 103 Å². The lowest BCUT2D eigenvalue weighted by Crippen LogP contribution is -2.12. The van der Waals surface area contributed by atoms with Gasteiger partial charge >= 0.3 is 11.9 Å². The van der Waals surface area contributed by atoms with Gasteiger partial charge in [-0.15, -0.1) is 11.3 Å². The molecule has 1 aromatic heterocycles. The summed E-state index contributed by atoms with van der Waals surface area (Å²) in [6, 6.07) is 8.85. The summed E-state index contributed by atoms with van der Waals surface area (Å²) < 4.78 is 15.3. The van der Waals surface area contributed by atoms with Crippen molar-refractivity contribution in [3.8, 4) is 11.8 Å². The minimum Gasteiger partial charge on any atom is -0.497 e. The van der Waals surface area contributed by atoms with E-state index in [0.29, 0.717) is 21.8 Å². The fourth-order valence-electron chi connectivity index (χ4n) is 2.87. The van der Waals surface area contributed by atoms with Crippen LogP contribution in [0.15, 0.2) is 29.8 Å². The van der Waals surface area contributed by atoms with Crippen LogP contribution in [0.5, 0.6) is 5.75 Å². The van der Waals surface area contributed by atoms with Gasteiger partial charge in [-0.3, -0.25) is 4.79 Å². The number of methoxy groups -OCH3 is 1. The molecule has 0 spiro atoms. The van der Waals surface area contributed by atoms with Crippen molar-refractivity contribution >= 4 is 35.1 Å². The first-order valence-electron chi connectivity index (χ1n) is 9.61. The monoisotopic (exact) mass is 441 g/mol. The lowest BCUT2D eigenvalue weighted by molar-refractivity contribution is -0.114. The Kier molecular flexibility index (Phi) is 8.53. The van der Waals surface area contributed by atoms with Crippen LogP contribution in [0.25, 0.3) is 6.08 Å². The van der Waals surface area contributed by atoms with Gasteiger partial charge in [-0.25, -0.2) is 9.59 Å². The van der Waals surface area contributed by atoms with E-state index in [-0.39, 0.29) is 35.6 Å². The Hall–Kier alpha value is -3.44. The molecule has 0 radical (unpaired) electrons. The van der Waals surface area contributed by atoms with Crippen LogP contribution < -0.4 is 4.74 Å². The number of Topliss-reactive ketones (excluding diaryl/α,β-unsaturated/α-hetero) is 1. The van der Waals surface area contributed by atoms with E-state index in [9.17, 15) is 19.6 Å². The van der Waals surface area contributed by atoms with Gasteiger partial charge in [0.15, 0.2) is 5.78 Å². The summed E-state index contributed by atoms with van der Waals surface area (Å²) in [6.45, 7) is 5.29. The highest BCUT2D eigenvalue weighted by molar-refractivity contribution is 7.14. The van der Waals surface area contributed by atoms with Crippen LogP contribution in [0, 0.1) is 18.3 Å². The molecular weight excluding hydrogens is 418 g/mol. The van der Waals surface area contributed by atoms with Crippen LogP contribution in [0.4, 0.5) is 0 Å². The largest absolute Gasteiger partial charge is 0.497 e. The normalized spacial score (nSPS) is 10.9. The molecule has 0 saturated carbocycles. The maximum absolute atomic E-state index is 12.9. The predicted molar refractivity (Wildman–Crippen MR) is 116 cm³/mol. The summed E-state index contributed by atoms with van der Waals surface area (Å²) in [7, 11) is 1.52. The van der Waals surface area contributed by atoms with Crippen LogP contribution in [-0.2, 0) is 20.7 Å². The SMILES string of the molecule is CCOC(=O)c1sc(CC(=O)/C(C#N)=C/c2cccc(OC)c2)c(C(=O)OCC)c1C. The molecule has 2 aromatic rings. The summed E-state index contributed by atoms with van der Waals surface area (Å²) in [5.41, 5.74) is 1.12. The number of ketones is 1. The van der Waals surface area contributed by atoms with Crippen molar-refractivity contribution in [2.75, 3.05) is 20.3 Å². The number of rotatable bonds is 9. The molecule has 7 nitrogen and oxygen atoms in total. The quantitative estimate of drug-likeness (QED) is 0.327. The smallest absolute Gasteiger partial charge is 0.348 e. The molecule has 2 rings (SSSR count). The van der Waals surface area contributed by atoms with Gasteiger partial charge in [0.25, 0.3) is 0 Å². The number of nitrogens with zero attached hydrogens (tertiary/aromatic N) is 1. The minimum absolute atomic E-state index is 0.0770. The molecule has 0 fully saturated rings. The van der Waals surface area contributed by atoms with Crippen molar-refractivity contribution in [3.63, 3.8) is 0 Å². The predicted octanol–water partition coefficient (Wildman–Crippen LogP) is 4.14.